The highest BCUT2D eigenvalue weighted by Crippen LogP contribution is 2.24. The van der Waals surface area contributed by atoms with E-state index in [0.29, 0.717) is 18.7 Å². The van der Waals surface area contributed by atoms with Gasteiger partial charge in [0, 0.05) is 25.2 Å². The van der Waals surface area contributed by atoms with E-state index in [2.05, 4.69) is 0 Å². The van der Waals surface area contributed by atoms with Crippen molar-refractivity contribution in [3.63, 3.8) is 0 Å². The summed E-state index contributed by atoms with van der Waals surface area (Å²) >= 11 is 0. The molecule has 0 aliphatic carbocycles. The maximum absolute atomic E-state index is 12.6. The molecular formula is C13H20N2O4S. The standard InChI is InChI=1S/C13H20N2O4S/c1-4-8-14(9-5-2)20(18,19)13-7-6-12(15(16)17)10-11(13)3/h6-7,10H,4-5,8-9H2,1-3H3. The molecule has 112 valence electrons. The molecule has 0 aliphatic heterocycles. The summed E-state index contributed by atoms with van der Waals surface area (Å²) in [6, 6.07) is 3.85. The molecule has 0 N–H and O–H groups in total. The summed E-state index contributed by atoms with van der Waals surface area (Å²) in [5.74, 6) is 0. The number of nitro groups is 1. The largest absolute Gasteiger partial charge is 0.269 e. The number of benzene rings is 1. The van der Waals surface area contributed by atoms with E-state index < -0.39 is 14.9 Å². The second kappa shape index (κ2) is 6.81. The molecule has 7 heteroatoms. The zero-order valence-corrected chi connectivity index (χ0v) is 12.8. The van der Waals surface area contributed by atoms with Gasteiger partial charge in [0.25, 0.3) is 5.69 Å². The number of sulfonamides is 1. The lowest BCUT2D eigenvalue weighted by atomic mass is 10.2. The van der Waals surface area contributed by atoms with E-state index >= 15 is 0 Å². The van der Waals surface area contributed by atoms with Crippen molar-refractivity contribution in [3.05, 3.63) is 33.9 Å². The molecule has 1 aromatic rings. The Balaban J connectivity index is 3.23. The summed E-state index contributed by atoms with van der Waals surface area (Å²) in [4.78, 5) is 10.3. The van der Waals surface area contributed by atoms with Crippen LogP contribution in [0.3, 0.4) is 0 Å². The molecule has 0 radical (unpaired) electrons. The van der Waals surface area contributed by atoms with E-state index in [0.717, 1.165) is 12.8 Å². The Morgan fingerprint density at radius 2 is 1.75 bits per heavy atom. The number of non-ortho nitro benzene ring substituents is 1. The number of nitrogens with zero attached hydrogens (tertiary/aromatic N) is 2. The molecule has 0 saturated carbocycles. The Kier molecular flexibility index (Phi) is 5.64. The normalized spacial score (nSPS) is 11.8. The summed E-state index contributed by atoms with van der Waals surface area (Å²) < 4.78 is 26.6. The maximum Gasteiger partial charge on any atom is 0.269 e. The van der Waals surface area contributed by atoms with Gasteiger partial charge in [-0.05, 0) is 31.4 Å². The zero-order chi connectivity index (χ0) is 15.3. The maximum atomic E-state index is 12.6. The summed E-state index contributed by atoms with van der Waals surface area (Å²) in [6.07, 6.45) is 1.45. The van der Waals surface area contributed by atoms with Crippen LogP contribution in [0.2, 0.25) is 0 Å². The smallest absolute Gasteiger partial charge is 0.258 e. The fourth-order valence-corrected chi connectivity index (χ4v) is 3.86. The monoisotopic (exact) mass is 300 g/mol. The van der Waals surface area contributed by atoms with Gasteiger partial charge in [0.1, 0.15) is 0 Å². The highest BCUT2D eigenvalue weighted by atomic mass is 32.2. The van der Waals surface area contributed by atoms with Gasteiger partial charge in [-0.2, -0.15) is 4.31 Å². The van der Waals surface area contributed by atoms with Crippen LogP contribution in [-0.4, -0.2) is 30.7 Å². The quantitative estimate of drug-likeness (QED) is 0.572. The fraction of sp³-hybridized carbons (Fsp3) is 0.538. The summed E-state index contributed by atoms with van der Waals surface area (Å²) in [5, 5.41) is 10.7. The first-order chi connectivity index (χ1) is 9.34. The molecule has 0 atom stereocenters. The molecule has 0 saturated heterocycles. The van der Waals surface area contributed by atoms with E-state index in [1.54, 1.807) is 6.92 Å². The van der Waals surface area contributed by atoms with Crippen LogP contribution in [0.5, 0.6) is 0 Å². The molecular weight excluding hydrogens is 280 g/mol. The SMILES string of the molecule is CCCN(CCC)S(=O)(=O)c1ccc([N+](=O)[O-])cc1C. The number of aryl methyl sites for hydroxylation is 1. The van der Waals surface area contributed by atoms with Crippen molar-refractivity contribution in [2.45, 2.75) is 38.5 Å². The Labute approximate surface area is 119 Å². The van der Waals surface area contributed by atoms with Crippen LogP contribution in [-0.2, 0) is 10.0 Å². The highest BCUT2D eigenvalue weighted by molar-refractivity contribution is 7.89. The Morgan fingerprint density at radius 3 is 2.15 bits per heavy atom. The van der Waals surface area contributed by atoms with Crippen LogP contribution in [0.25, 0.3) is 0 Å². The second-order valence-electron chi connectivity index (χ2n) is 4.61. The molecule has 1 aromatic carbocycles. The van der Waals surface area contributed by atoms with Crippen LogP contribution in [0.15, 0.2) is 23.1 Å². The van der Waals surface area contributed by atoms with Gasteiger partial charge >= 0.3 is 0 Å². The van der Waals surface area contributed by atoms with Gasteiger partial charge in [-0.25, -0.2) is 8.42 Å². The molecule has 0 amide bonds. The minimum absolute atomic E-state index is 0.0982. The lowest BCUT2D eigenvalue weighted by molar-refractivity contribution is -0.385. The number of hydrogen-bond acceptors (Lipinski definition) is 4. The van der Waals surface area contributed by atoms with Crippen LogP contribution in [0.4, 0.5) is 5.69 Å². The third-order valence-corrected chi connectivity index (χ3v) is 4.99. The minimum atomic E-state index is -3.59. The third kappa shape index (κ3) is 3.55. The van der Waals surface area contributed by atoms with Crippen LogP contribution in [0.1, 0.15) is 32.3 Å². The lowest BCUT2D eigenvalue weighted by Crippen LogP contribution is -2.33. The van der Waals surface area contributed by atoms with E-state index in [-0.39, 0.29) is 10.6 Å². The van der Waals surface area contributed by atoms with Crippen LogP contribution >= 0.6 is 0 Å². The van der Waals surface area contributed by atoms with Gasteiger partial charge in [0.15, 0.2) is 0 Å². The average Bonchev–Trinajstić information content (AvgIpc) is 2.37. The van der Waals surface area contributed by atoms with Crippen molar-refractivity contribution in [2.75, 3.05) is 13.1 Å². The first kappa shape index (κ1) is 16.6. The highest BCUT2D eigenvalue weighted by Gasteiger charge is 2.25. The molecule has 1 rings (SSSR count). The molecule has 6 nitrogen and oxygen atoms in total. The third-order valence-electron chi connectivity index (χ3n) is 2.93. The van der Waals surface area contributed by atoms with Gasteiger partial charge in [-0.15, -0.1) is 0 Å². The van der Waals surface area contributed by atoms with Gasteiger partial charge in [-0.1, -0.05) is 13.8 Å². The average molecular weight is 300 g/mol. The molecule has 0 spiro atoms. The topological polar surface area (TPSA) is 80.5 Å². The van der Waals surface area contributed by atoms with Crippen molar-refractivity contribution >= 4 is 15.7 Å². The molecule has 0 fully saturated rings. The molecule has 0 unspecified atom stereocenters. The summed E-state index contributed by atoms with van der Waals surface area (Å²) in [6.45, 7) is 6.32. The van der Waals surface area contributed by atoms with Gasteiger partial charge in [0.2, 0.25) is 10.0 Å². The summed E-state index contributed by atoms with van der Waals surface area (Å²) in [5.41, 5.74) is 0.301. The van der Waals surface area contributed by atoms with Crippen molar-refractivity contribution in [1.29, 1.82) is 0 Å². The van der Waals surface area contributed by atoms with E-state index in [1.165, 1.54) is 22.5 Å². The minimum Gasteiger partial charge on any atom is -0.258 e. The summed E-state index contributed by atoms with van der Waals surface area (Å²) in [7, 11) is -3.59. The van der Waals surface area contributed by atoms with E-state index in [4.69, 9.17) is 0 Å². The predicted molar refractivity (Wildman–Crippen MR) is 77.2 cm³/mol. The Morgan fingerprint density at radius 1 is 1.20 bits per heavy atom. The lowest BCUT2D eigenvalue weighted by Gasteiger charge is -2.21. The van der Waals surface area contributed by atoms with Gasteiger partial charge in [0.05, 0.1) is 9.82 Å². The van der Waals surface area contributed by atoms with Gasteiger partial charge < -0.3 is 0 Å². The first-order valence-electron chi connectivity index (χ1n) is 6.59. The van der Waals surface area contributed by atoms with Crippen molar-refractivity contribution in [2.24, 2.45) is 0 Å². The number of nitro benzene ring substituents is 1. The van der Waals surface area contributed by atoms with Crippen molar-refractivity contribution in [3.8, 4) is 0 Å². The number of rotatable bonds is 7. The van der Waals surface area contributed by atoms with Gasteiger partial charge in [-0.3, -0.25) is 10.1 Å². The first-order valence-corrected chi connectivity index (χ1v) is 8.03. The molecule has 0 aromatic heterocycles. The predicted octanol–water partition coefficient (Wildman–Crippen LogP) is 2.71. The Hall–Kier alpha value is -1.47. The van der Waals surface area contributed by atoms with E-state index in [9.17, 15) is 18.5 Å². The van der Waals surface area contributed by atoms with E-state index in [1.807, 2.05) is 13.8 Å². The Bertz CT molecular complexity index is 578. The number of hydrogen-bond donors (Lipinski definition) is 0. The van der Waals surface area contributed by atoms with Crippen LogP contribution in [0, 0.1) is 17.0 Å². The zero-order valence-electron chi connectivity index (χ0n) is 12.0. The molecule has 0 bridgehead atoms. The molecule has 0 heterocycles. The molecule has 0 aliphatic rings. The second-order valence-corrected chi connectivity index (χ2v) is 6.52. The molecule has 20 heavy (non-hydrogen) atoms. The fourth-order valence-electron chi connectivity index (χ4n) is 2.03. The van der Waals surface area contributed by atoms with Crippen molar-refractivity contribution < 1.29 is 13.3 Å². The van der Waals surface area contributed by atoms with Crippen LogP contribution < -0.4 is 0 Å². The van der Waals surface area contributed by atoms with Crippen molar-refractivity contribution in [1.82, 2.24) is 4.31 Å².